The van der Waals surface area contributed by atoms with Crippen LogP contribution >= 0.6 is 0 Å². The van der Waals surface area contributed by atoms with E-state index in [1.165, 1.54) is 31.6 Å². The maximum absolute atomic E-state index is 11.0. The number of hydrogen-bond acceptors (Lipinski definition) is 2. The van der Waals surface area contributed by atoms with Crippen LogP contribution in [-0.2, 0) is 14.9 Å². The average molecular weight is 246 g/mol. The Kier molecular flexibility index (Phi) is 5.14. The van der Waals surface area contributed by atoms with Crippen LogP contribution in [0.4, 0.5) is 0 Å². The molecule has 0 aliphatic rings. The summed E-state index contributed by atoms with van der Waals surface area (Å²) in [5.41, 5.74) is 2.55. The van der Waals surface area contributed by atoms with Crippen molar-refractivity contribution >= 4 is 12.0 Å². The van der Waals surface area contributed by atoms with E-state index >= 15 is 0 Å². The number of carbonyl (C=O) groups is 1. The number of esters is 1. The maximum atomic E-state index is 11.0. The van der Waals surface area contributed by atoms with Gasteiger partial charge in [0.1, 0.15) is 0 Å². The molecule has 0 N–H and O–H groups in total. The first-order valence-corrected chi connectivity index (χ1v) is 6.36. The SMILES string of the molecule is CCCC(C)(C)c1ccc(/C=C/C(=O)OC)cc1. The summed E-state index contributed by atoms with van der Waals surface area (Å²) in [7, 11) is 1.38. The van der Waals surface area contributed by atoms with Crippen LogP contribution in [0.3, 0.4) is 0 Å². The largest absolute Gasteiger partial charge is 0.466 e. The monoisotopic (exact) mass is 246 g/mol. The van der Waals surface area contributed by atoms with E-state index in [0.717, 1.165) is 5.56 Å². The second kappa shape index (κ2) is 6.39. The van der Waals surface area contributed by atoms with Crippen LogP contribution < -0.4 is 0 Å². The van der Waals surface area contributed by atoms with Crippen molar-refractivity contribution in [2.24, 2.45) is 0 Å². The third kappa shape index (κ3) is 4.02. The van der Waals surface area contributed by atoms with Crippen molar-refractivity contribution < 1.29 is 9.53 Å². The lowest BCUT2D eigenvalue weighted by Gasteiger charge is -2.24. The van der Waals surface area contributed by atoms with Crippen LogP contribution in [0, 0.1) is 0 Å². The molecule has 2 nitrogen and oxygen atoms in total. The lowest BCUT2D eigenvalue weighted by Crippen LogP contribution is -2.16. The number of rotatable bonds is 5. The summed E-state index contributed by atoms with van der Waals surface area (Å²) in [5.74, 6) is -0.328. The Hall–Kier alpha value is -1.57. The molecule has 0 saturated carbocycles. The van der Waals surface area contributed by atoms with Crippen molar-refractivity contribution in [1.82, 2.24) is 0 Å². The van der Waals surface area contributed by atoms with E-state index in [9.17, 15) is 4.79 Å². The van der Waals surface area contributed by atoms with Gasteiger partial charge >= 0.3 is 5.97 Å². The van der Waals surface area contributed by atoms with E-state index in [4.69, 9.17) is 0 Å². The second-order valence-corrected chi connectivity index (χ2v) is 5.11. The molecule has 2 heteroatoms. The third-order valence-electron chi connectivity index (χ3n) is 3.18. The van der Waals surface area contributed by atoms with E-state index < -0.39 is 0 Å². The minimum atomic E-state index is -0.328. The Labute approximate surface area is 110 Å². The van der Waals surface area contributed by atoms with E-state index in [1.807, 2.05) is 12.1 Å². The molecule has 0 fully saturated rings. The number of benzene rings is 1. The van der Waals surface area contributed by atoms with Gasteiger partial charge in [-0.3, -0.25) is 0 Å². The van der Waals surface area contributed by atoms with Gasteiger partial charge in [-0.15, -0.1) is 0 Å². The molecule has 1 aromatic rings. The van der Waals surface area contributed by atoms with E-state index in [-0.39, 0.29) is 11.4 Å². The molecule has 0 aliphatic heterocycles. The fourth-order valence-electron chi connectivity index (χ4n) is 2.05. The van der Waals surface area contributed by atoms with Gasteiger partial charge < -0.3 is 4.74 Å². The van der Waals surface area contributed by atoms with Crippen molar-refractivity contribution in [2.45, 2.75) is 39.0 Å². The van der Waals surface area contributed by atoms with E-state index in [0.29, 0.717) is 0 Å². The van der Waals surface area contributed by atoms with Gasteiger partial charge in [-0.05, 0) is 29.0 Å². The molecule has 0 spiro atoms. The van der Waals surface area contributed by atoms with Gasteiger partial charge in [-0.2, -0.15) is 0 Å². The average Bonchev–Trinajstić information content (AvgIpc) is 2.36. The van der Waals surface area contributed by atoms with Crippen molar-refractivity contribution in [3.05, 3.63) is 41.5 Å². The molecule has 0 aliphatic carbocycles. The van der Waals surface area contributed by atoms with Gasteiger partial charge in [0.25, 0.3) is 0 Å². The summed E-state index contributed by atoms with van der Waals surface area (Å²) in [4.78, 5) is 11.0. The van der Waals surface area contributed by atoms with Crippen molar-refractivity contribution in [3.8, 4) is 0 Å². The van der Waals surface area contributed by atoms with Crippen LogP contribution in [-0.4, -0.2) is 13.1 Å². The molecule has 18 heavy (non-hydrogen) atoms. The van der Waals surface area contributed by atoms with Crippen LogP contribution in [0.15, 0.2) is 30.3 Å². The molecule has 0 saturated heterocycles. The summed E-state index contributed by atoms with van der Waals surface area (Å²) >= 11 is 0. The summed E-state index contributed by atoms with van der Waals surface area (Å²) in [6.07, 6.45) is 5.55. The zero-order chi connectivity index (χ0) is 13.6. The Morgan fingerprint density at radius 3 is 2.39 bits per heavy atom. The lowest BCUT2D eigenvalue weighted by atomic mass is 9.80. The highest BCUT2D eigenvalue weighted by Crippen LogP contribution is 2.28. The molecule has 0 amide bonds. The second-order valence-electron chi connectivity index (χ2n) is 5.11. The van der Waals surface area contributed by atoms with Crippen LogP contribution in [0.5, 0.6) is 0 Å². The molecule has 98 valence electrons. The topological polar surface area (TPSA) is 26.3 Å². The van der Waals surface area contributed by atoms with Gasteiger partial charge in [0, 0.05) is 6.08 Å². The Balaban J connectivity index is 2.80. The lowest BCUT2D eigenvalue weighted by molar-refractivity contribution is -0.134. The highest BCUT2D eigenvalue weighted by Gasteiger charge is 2.18. The predicted molar refractivity (Wildman–Crippen MR) is 75.4 cm³/mol. The Morgan fingerprint density at radius 1 is 1.28 bits per heavy atom. The maximum Gasteiger partial charge on any atom is 0.330 e. The minimum absolute atomic E-state index is 0.208. The number of ether oxygens (including phenoxy) is 1. The van der Waals surface area contributed by atoms with Gasteiger partial charge in [-0.1, -0.05) is 51.5 Å². The molecule has 0 unspecified atom stereocenters. The van der Waals surface area contributed by atoms with Crippen LogP contribution in [0.2, 0.25) is 0 Å². The quantitative estimate of drug-likeness (QED) is 0.581. The summed E-state index contributed by atoms with van der Waals surface area (Å²) in [6.45, 7) is 6.72. The normalized spacial score (nSPS) is 11.8. The smallest absolute Gasteiger partial charge is 0.330 e. The first-order valence-electron chi connectivity index (χ1n) is 6.36. The highest BCUT2D eigenvalue weighted by molar-refractivity contribution is 5.86. The van der Waals surface area contributed by atoms with Gasteiger partial charge in [-0.25, -0.2) is 4.79 Å². The highest BCUT2D eigenvalue weighted by atomic mass is 16.5. The molecule has 0 heterocycles. The molecule has 0 aromatic heterocycles. The Morgan fingerprint density at radius 2 is 1.89 bits per heavy atom. The Bertz CT molecular complexity index is 413. The van der Waals surface area contributed by atoms with Gasteiger partial charge in [0.2, 0.25) is 0 Å². The molecule has 0 atom stereocenters. The van der Waals surface area contributed by atoms with Crippen molar-refractivity contribution in [3.63, 3.8) is 0 Å². The number of hydrogen-bond donors (Lipinski definition) is 0. The summed E-state index contributed by atoms with van der Waals surface area (Å²) < 4.78 is 4.56. The molecule has 1 aromatic carbocycles. The fourth-order valence-corrected chi connectivity index (χ4v) is 2.05. The molecular weight excluding hydrogens is 224 g/mol. The standard InChI is InChI=1S/C16H22O2/c1-5-12-16(2,3)14-9-6-13(7-10-14)8-11-15(17)18-4/h6-11H,5,12H2,1-4H3/b11-8+. The van der Waals surface area contributed by atoms with Crippen molar-refractivity contribution in [1.29, 1.82) is 0 Å². The van der Waals surface area contributed by atoms with Crippen LogP contribution in [0.1, 0.15) is 44.7 Å². The molecule has 1 rings (SSSR count). The third-order valence-corrected chi connectivity index (χ3v) is 3.18. The molecule has 0 bridgehead atoms. The zero-order valence-electron chi connectivity index (χ0n) is 11.7. The zero-order valence-corrected chi connectivity index (χ0v) is 11.7. The molecule has 0 radical (unpaired) electrons. The van der Waals surface area contributed by atoms with Gasteiger partial charge in [0.05, 0.1) is 7.11 Å². The van der Waals surface area contributed by atoms with Crippen LogP contribution in [0.25, 0.3) is 6.08 Å². The molecular formula is C16H22O2. The van der Waals surface area contributed by atoms with E-state index in [2.05, 4.69) is 37.6 Å². The first kappa shape index (κ1) is 14.5. The first-order chi connectivity index (χ1) is 8.49. The van der Waals surface area contributed by atoms with Gasteiger partial charge in [0.15, 0.2) is 0 Å². The van der Waals surface area contributed by atoms with Crippen molar-refractivity contribution in [2.75, 3.05) is 7.11 Å². The summed E-state index contributed by atoms with van der Waals surface area (Å²) in [6, 6.07) is 8.33. The summed E-state index contributed by atoms with van der Waals surface area (Å²) in [5, 5.41) is 0. The number of methoxy groups -OCH3 is 1. The van der Waals surface area contributed by atoms with E-state index in [1.54, 1.807) is 6.08 Å². The minimum Gasteiger partial charge on any atom is -0.466 e. The number of carbonyl (C=O) groups excluding carboxylic acids is 1. The fraction of sp³-hybridized carbons (Fsp3) is 0.438. The predicted octanol–water partition coefficient (Wildman–Crippen LogP) is 3.95.